The van der Waals surface area contributed by atoms with Gasteiger partial charge in [-0.15, -0.1) is 0 Å². The number of aliphatic carboxylic acids is 1. The van der Waals surface area contributed by atoms with Gasteiger partial charge in [0.15, 0.2) is 0 Å². The third kappa shape index (κ3) is 1.62. The number of rotatable bonds is 3. The molecule has 1 aliphatic heterocycles. The van der Waals surface area contributed by atoms with Crippen molar-refractivity contribution < 1.29 is 19.5 Å². The van der Waals surface area contributed by atoms with Gasteiger partial charge in [0, 0.05) is 0 Å². The number of hydrogen-bond donors (Lipinski definition) is 1. The molecule has 1 heterocycles. The van der Waals surface area contributed by atoms with E-state index < -0.39 is 5.97 Å². The second kappa shape index (κ2) is 4.56. The van der Waals surface area contributed by atoms with Gasteiger partial charge in [-0.25, -0.2) is 0 Å². The zero-order chi connectivity index (χ0) is 16.6. The molecule has 6 rings (SSSR count). The van der Waals surface area contributed by atoms with Crippen LogP contribution < -0.4 is 0 Å². The Labute approximate surface area is 139 Å². The van der Waals surface area contributed by atoms with Crippen molar-refractivity contribution in [1.82, 2.24) is 4.90 Å². The van der Waals surface area contributed by atoms with Crippen LogP contribution >= 0.6 is 0 Å². The lowest BCUT2D eigenvalue weighted by atomic mass is 9.63. The summed E-state index contributed by atoms with van der Waals surface area (Å²) >= 11 is 0. The minimum atomic E-state index is -0.787. The third-order valence-electron chi connectivity index (χ3n) is 6.36. The Morgan fingerprint density at radius 1 is 0.958 bits per heavy atom. The molecule has 1 unspecified atom stereocenters. The molecule has 0 radical (unpaired) electrons. The molecule has 2 amide bonds. The molecule has 1 aromatic rings. The SMILES string of the molecule is O=C(O)C1[C@@H]2[C@H]3C=C[C@@H]([C@@H]4C(=O)N(Cc5ccccc5)C(=O)[C@@H]34)[C@H]12. The number of imide groups is 1. The minimum Gasteiger partial charge on any atom is -0.481 e. The Kier molecular flexibility index (Phi) is 2.65. The molecule has 1 aromatic carbocycles. The Bertz CT molecular complexity index is 748. The van der Waals surface area contributed by atoms with Gasteiger partial charge in [0.2, 0.25) is 11.8 Å². The van der Waals surface area contributed by atoms with Crippen molar-refractivity contribution in [2.45, 2.75) is 6.54 Å². The normalized spacial score (nSPS) is 41.3. The summed E-state index contributed by atoms with van der Waals surface area (Å²) in [5.41, 5.74) is 0.937. The zero-order valence-corrected chi connectivity index (χ0v) is 12.9. The highest BCUT2D eigenvalue weighted by Gasteiger charge is 2.73. The van der Waals surface area contributed by atoms with Crippen LogP contribution in [0.15, 0.2) is 42.5 Å². The summed E-state index contributed by atoms with van der Waals surface area (Å²) in [6, 6.07) is 9.51. The van der Waals surface area contributed by atoms with Crippen LogP contribution in [0.25, 0.3) is 0 Å². The topological polar surface area (TPSA) is 74.7 Å². The van der Waals surface area contributed by atoms with E-state index >= 15 is 0 Å². The number of allylic oxidation sites excluding steroid dienone is 2. The Morgan fingerprint density at radius 3 is 2.00 bits per heavy atom. The second-order valence-electron chi connectivity index (χ2n) is 7.36. The predicted molar refractivity (Wildman–Crippen MR) is 83.2 cm³/mol. The van der Waals surface area contributed by atoms with Crippen molar-refractivity contribution in [3.05, 3.63) is 48.0 Å². The molecule has 2 saturated carbocycles. The van der Waals surface area contributed by atoms with E-state index in [9.17, 15) is 19.5 Å². The number of nitrogens with zero attached hydrogens (tertiary/aromatic N) is 1. The Hall–Kier alpha value is -2.43. The van der Waals surface area contributed by atoms with Gasteiger partial charge < -0.3 is 5.11 Å². The largest absolute Gasteiger partial charge is 0.481 e. The van der Waals surface area contributed by atoms with Crippen LogP contribution in [0.2, 0.25) is 0 Å². The van der Waals surface area contributed by atoms with Gasteiger partial charge in [-0.2, -0.15) is 0 Å². The third-order valence-corrected chi connectivity index (χ3v) is 6.36. The van der Waals surface area contributed by atoms with E-state index in [4.69, 9.17) is 0 Å². The highest BCUT2D eigenvalue weighted by Crippen LogP contribution is 2.68. The van der Waals surface area contributed by atoms with Gasteiger partial charge in [-0.05, 0) is 29.2 Å². The maximum Gasteiger partial charge on any atom is 0.307 e. The number of carboxylic acids is 1. The first kappa shape index (κ1) is 14.0. The van der Waals surface area contributed by atoms with Gasteiger partial charge in [0.05, 0.1) is 24.3 Å². The van der Waals surface area contributed by atoms with Crippen LogP contribution in [0.1, 0.15) is 5.56 Å². The molecule has 0 aromatic heterocycles. The molecule has 4 aliphatic carbocycles. The average molecular weight is 323 g/mol. The number of hydrogen-bond acceptors (Lipinski definition) is 3. The molecule has 2 bridgehead atoms. The first-order chi connectivity index (χ1) is 11.6. The van der Waals surface area contributed by atoms with Crippen LogP contribution in [0.5, 0.6) is 0 Å². The van der Waals surface area contributed by atoms with Crippen molar-refractivity contribution in [1.29, 1.82) is 0 Å². The maximum atomic E-state index is 12.9. The zero-order valence-electron chi connectivity index (χ0n) is 12.9. The summed E-state index contributed by atoms with van der Waals surface area (Å²) in [5.74, 6) is -2.26. The molecule has 24 heavy (non-hydrogen) atoms. The monoisotopic (exact) mass is 323 g/mol. The van der Waals surface area contributed by atoms with E-state index in [-0.39, 0.29) is 53.2 Å². The van der Waals surface area contributed by atoms with Crippen LogP contribution in [0.4, 0.5) is 0 Å². The number of amides is 2. The standard InChI is InChI=1S/C19H17NO4/c21-17-14-10-6-7-11(13-12(10)16(13)19(23)24)15(14)18(22)20(17)8-9-4-2-1-3-5-9/h1-7,10-16H,8H2,(H,23,24)/t10-,11-,12-,13+,14+,15+,16?/m1/s1. The quantitative estimate of drug-likeness (QED) is 0.676. The lowest BCUT2D eigenvalue weighted by Crippen LogP contribution is -2.40. The summed E-state index contributed by atoms with van der Waals surface area (Å²) in [4.78, 5) is 38.6. The molecular formula is C19H17NO4. The van der Waals surface area contributed by atoms with E-state index in [0.717, 1.165) is 5.56 Å². The summed E-state index contributed by atoms with van der Waals surface area (Å²) < 4.78 is 0. The molecule has 122 valence electrons. The molecular weight excluding hydrogens is 306 g/mol. The fraction of sp³-hybridized carbons (Fsp3) is 0.421. The molecule has 1 saturated heterocycles. The number of carbonyl (C=O) groups is 3. The van der Waals surface area contributed by atoms with Gasteiger partial charge in [-0.3, -0.25) is 19.3 Å². The lowest BCUT2D eigenvalue weighted by molar-refractivity contribution is -0.142. The summed E-state index contributed by atoms with van der Waals surface area (Å²) in [6.45, 7) is 0.308. The van der Waals surface area contributed by atoms with E-state index in [0.29, 0.717) is 6.54 Å². The maximum absolute atomic E-state index is 12.9. The first-order valence-corrected chi connectivity index (χ1v) is 8.40. The first-order valence-electron chi connectivity index (χ1n) is 8.40. The van der Waals surface area contributed by atoms with E-state index in [2.05, 4.69) is 0 Å². The second-order valence-corrected chi connectivity index (χ2v) is 7.36. The van der Waals surface area contributed by atoms with E-state index in [1.165, 1.54) is 4.90 Å². The van der Waals surface area contributed by atoms with Crippen molar-refractivity contribution in [2.24, 2.45) is 41.4 Å². The van der Waals surface area contributed by atoms with Crippen molar-refractivity contribution in [3.8, 4) is 0 Å². The molecule has 0 spiro atoms. The Balaban J connectivity index is 1.46. The molecule has 5 nitrogen and oxygen atoms in total. The van der Waals surface area contributed by atoms with Crippen LogP contribution in [0.3, 0.4) is 0 Å². The number of carbonyl (C=O) groups excluding carboxylic acids is 2. The average Bonchev–Trinajstić information content (AvgIpc) is 3.31. The van der Waals surface area contributed by atoms with Crippen LogP contribution in [-0.2, 0) is 20.9 Å². The van der Waals surface area contributed by atoms with Gasteiger partial charge in [-0.1, -0.05) is 42.5 Å². The van der Waals surface area contributed by atoms with Crippen molar-refractivity contribution >= 4 is 17.8 Å². The van der Waals surface area contributed by atoms with Crippen LogP contribution in [-0.4, -0.2) is 27.8 Å². The smallest absolute Gasteiger partial charge is 0.307 e. The number of benzene rings is 1. The van der Waals surface area contributed by atoms with E-state index in [1.807, 2.05) is 42.5 Å². The molecule has 7 atom stereocenters. The molecule has 5 aliphatic rings. The van der Waals surface area contributed by atoms with Gasteiger partial charge >= 0.3 is 5.97 Å². The van der Waals surface area contributed by atoms with Crippen molar-refractivity contribution in [3.63, 3.8) is 0 Å². The number of carboxylic acid groups (broad SMARTS) is 1. The molecule has 1 N–H and O–H groups in total. The van der Waals surface area contributed by atoms with Gasteiger partial charge in [0.25, 0.3) is 0 Å². The summed E-state index contributed by atoms with van der Waals surface area (Å²) in [7, 11) is 0. The van der Waals surface area contributed by atoms with Crippen LogP contribution in [0, 0.1) is 41.4 Å². The molecule has 5 heteroatoms. The van der Waals surface area contributed by atoms with E-state index in [1.54, 1.807) is 0 Å². The fourth-order valence-corrected chi connectivity index (χ4v) is 5.42. The summed E-state index contributed by atoms with van der Waals surface area (Å²) in [5, 5.41) is 9.38. The summed E-state index contributed by atoms with van der Waals surface area (Å²) in [6.07, 6.45) is 3.99. The number of likely N-dealkylation sites (tertiary alicyclic amines) is 1. The predicted octanol–water partition coefficient (Wildman–Crippen LogP) is 1.55. The lowest BCUT2D eigenvalue weighted by Gasteiger charge is -2.37. The minimum absolute atomic E-state index is 0.0344. The van der Waals surface area contributed by atoms with Gasteiger partial charge in [0.1, 0.15) is 0 Å². The Morgan fingerprint density at radius 2 is 1.50 bits per heavy atom. The fourth-order valence-electron chi connectivity index (χ4n) is 5.42. The molecule has 3 fully saturated rings. The highest BCUT2D eigenvalue weighted by molar-refractivity contribution is 6.06. The highest BCUT2D eigenvalue weighted by atomic mass is 16.4. The van der Waals surface area contributed by atoms with Crippen molar-refractivity contribution in [2.75, 3.05) is 0 Å².